The summed E-state index contributed by atoms with van der Waals surface area (Å²) in [4.78, 5) is 24.4. The maximum Gasteiger partial charge on any atom is 0.305 e. The largest absolute Gasteiger partial charge is 0.466 e. The van der Waals surface area contributed by atoms with Crippen LogP contribution in [0.15, 0.2) is 36.5 Å². The normalized spacial score (nSPS) is 12.8. The molecular formula is C63H119NO5. The summed E-state index contributed by atoms with van der Waals surface area (Å²) in [5.41, 5.74) is 0. The highest BCUT2D eigenvalue weighted by Crippen LogP contribution is 2.17. The van der Waals surface area contributed by atoms with Gasteiger partial charge in [0.2, 0.25) is 5.91 Å². The summed E-state index contributed by atoms with van der Waals surface area (Å²) in [6.07, 6.45) is 73.3. The van der Waals surface area contributed by atoms with Crippen LogP contribution in [0.25, 0.3) is 0 Å². The molecule has 406 valence electrons. The Morgan fingerprint density at radius 1 is 0.406 bits per heavy atom. The predicted octanol–water partition coefficient (Wildman–Crippen LogP) is 19.2. The molecule has 0 saturated carbocycles. The molecule has 0 heterocycles. The number of nitrogens with one attached hydrogen (secondary N) is 1. The summed E-state index contributed by atoms with van der Waals surface area (Å²) >= 11 is 0. The highest BCUT2D eigenvalue weighted by Gasteiger charge is 2.18. The number of ether oxygens (including phenoxy) is 1. The summed E-state index contributed by atoms with van der Waals surface area (Å²) in [6.45, 7) is 4.90. The zero-order valence-corrected chi connectivity index (χ0v) is 46.3. The minimum Gasteiger partial charge on any atom is -0.466 e. The van der Waals surface area contributed by atoms with Gasteiger partial charge in [-0.05, 0) is 64.2 Å². The molecule has 0 aliphatic carbocycles. The lowest BCUT2D eigenvalue weighted by Gasteiger charge is -2.20. The Balaban J connectivity index is 3.44. The zero-order valence-electron chi connectivity index (χ0n) is 46.3. The van der Waals surface area contributed by atoms with E-state index in [0.29, 0.717) is 19.4 Å². The Morgan fingerprint density at radius 3 is 1.10 bits per heavy atom. The van der Waals surface area contributed by atoms with E-state index in [1.54, 1.807) is 6.08 Å². The molecule has 3 N–H and O–H groups in total. The van der Waals surface area contributed by atoms with E-state index in [4.69, 9.17) is 4.74 Å². The minimum absolute atomic E-state index is 0.00980. The van der Waals surface area contributed by atoms with Crippen LogP contribution in [-0.4, -0.2) is 47.4 Å². The number of carbonyl (C=O) groups excluding carboxylic acids is 2. The fraction of sp³-hybridized carbons (Fsp3) is 0.873. The van der Waals surface area contributed by atoms with E-state index >= 15 is 0 Å². The predicted molar refractivity (Wildman–Crippen MR) is 301 cm³/mol. The molecule has 2 unspecified atom stereocenters. The Labute approximate surface area is 430 Å². The first kappa shape index (κ1) is 67.1. The highest BCUT2D eigenvalue weighted by atomic mass is 16.5. The van der Waals surface area contributed by atoms with Gasteiger partial charge in [0.1, 0.15) is 0 Å². The number of unbranched alkanes of at least 4 members (excludes halogenated alkanes) is 42. The highest BCUT2D eigenvalue weighted by molar-refractivity contribution is 5.76. The standard InChI is InChI=1S/C63H119NO5/c1-3-5-7-9-11-13-15-16-32-36-39-43-47-51-55-61(66)60(59-65)64-62(67)56-52-48-44-40-37-33-30-28-26-24-22-20-18-17-19-21-23-25-27-29-31-34-38-42-46-50-54-58-69-63(68)57-53-49-45-41-35-14-12-10-8-6-4-2/h17-18,21,23,51,55,60-61,65-66H,3-16,19-20,22,24-50,52-54,56-59H2,1-2H3,(H,64,67)/b18-17-,23-21-,55-51+. The van der Waals surface area contributed by atoms with E-state index in [1.165, 1.54) is 257 Å². The molecule has 2 atom stereocenters. The topological polar surface area (TPSA) is 95.9 Å². The van der Waals surface area contributed by atoms with Crippen molar-refractivity contribution in [2.75, 3.05) is 13.2 Å². The molecule has 0 aliphatic rings. The number of hydrogen-bond donors (Lipinski definition) is 3. The van der Waals surface area contributed by atoms with Crippen LogP contribution in [0.2, 0.25) is 0 Å². The summed E-state index contributed by atoms with van der Waals surface area (Å²) in [5.74, 6) is -0.0606. The van der Waals surface area contributed by atoms with E-state index in [0.717, 1.165) is 44.9 Å². The van der Waals surface area contributed by atoms with Crippen molar-refractivity contribution in [3.8, 4) is 0 Å². The summed E-state index contributed by atoms with van der Waals surface area (Å²) in [5, 5.41) is 23.1. The third-order valence-corrected chi connectivity index (χ3v) is 14.2. The lowest BCUT2D eigenvalue weighted by Crippen LogP contribution is -2.45. The Hall–Kier alpha value is -1.92. The van der Waals surface area contributed by atoms with Gasteiger partial charge in [-0.25, -0.2) is 0 Å². The number of aliphatic hydroxyl groups is 2. The average Bonchev–Trinajstić information content (AvgIpc) is 3.35. The van der Waals surface area contributed by atoms with Gasteiger partial charge in [-0.2, -0.15) is 0 Å². The Bertz CT molecular complexity index is 1120. The molecule has 1 amide bonds. The summed E-state index contributed by atoms with van der Waals surface area (Å²) < 4.78 is 5.46. The second kappa shape index (κ2) is 58.6. The second-order valence-corrected chi connectivity index (χ2v) is 21.0. The first-order chi connectivity index (χ1) is 34.0. The second-order valence-electron chi connectivity index (χ2n) is 21.0. The molecular weight excluding hydrogens is 851 g/mol. The monoisotopic (exact) mass is 970 g/mol. The van der Waals surface area contributed by atoms with Crippen LogP contribution in [0.4, 0.5) is 0 Å². The summed E-state index contributed by atoms with van der Waals surface area (Å²) in [7, 11) is 0. The number of carbonyl (C=O) groups is 2. The van der Waals surface area contributed by atoms with E-state index in [9.17, 15) is 19.8 Å². The average molecular weight is 971 g/mol. The van der Waals surface area contributed by atoms with Gasteiger partial charge in [-0.1, -0.05) is 288 Å². The fourth-order valence-electron chi connectivity index (χ4n) is 9.43. The maximum atomic E-state index is 12.5. The van der Waals surface area contributed by atoms with Crippen LogP contribution in [0, 0.1) is 0 Å². The summed E-state index contributed by atoms with van der Waals surface area (Å²) in [6, 6.07) is -0.630. The van der Waals surface area contributed by atoms with Crippen molar-refractivity contribution in [3.05, 3.63) is 36.5 Å². The van der Waals surface area contributed by atoms with Gasteiger partial charge < -0.3 is 20.3 Å². The van der Waals surface area contributed by atoms with Crippen LogP contribution < -0.4 is 5.32 Å². The maximum absolute atomic E-state index is 12.5. The number of amides is 1. The third kappa shape index (κ3) is 55.2. The molecule has 69 heavy (non-hydrogen) atoms. The molecule has 0 aromatic carbocycles. The van der Waals surface area contributed by atoms with Gasteiger partial charge in [-0.15, -0.1) is 0 Å². The van der Waals surface area contributed by atoms with Gasteiger partial charge in [0.15, 0.2) is 0 Å². The number of hydrogen-bond acceptors (Lipinski definition) is 5. The van der Waals surface area contributed by atoms with Gasteiger partial charge in [-0.3, -0.25) is 9.59 Å². The zero-order chi connectivity index (χ0) is 50.0. The van der Waals surface area contributed by atoms with Crippen molar-refractivity contribution in [1.82, 2.24) is 5.32 Å². The molecule has 0 aromatic heterocycles. The lowest BCUT2D eigenvalue weighted by molar-refractivity contribution is -0.143. The molecule has 6 heteroatoms. The first-order valence-corrected chi connectivity index (χ1v) is 30.8. The third-order valence-electron chi connectivity index (χ3n) is 14.2. The smallest absolute Gasteiger partial charge is 0.305 e. The van der Waals surface area contributed by atoms with Crippen molar-refractivity contribution in [2.24, 2.45) is 0 Å². The van der Waals surface area contributed by atoms with Gasteiger partial charge in [0.25, 0.3) is 0 Å². The molecule has 0 saturated heterocycles. The van der Waals surface area contributed by atoms with Crippen molar-refractivity contribution < 1.29 is 24.5 Å². The van der Waals surface area contributed by atoms with E-state index < -0.39 is 12.1 Å². The molecule has 0 bridgehead atoms. The van der Waals surface area contributed by atoms with Gasteiger partial charge in [0.05, 0.1) is 25.4 Å². The number of aliphatic hydroxyl groups excluding tert-OH is 2. The van der Waals surface area contributed by atoms with Crippen LogP contribution in [0.3, 0.4) is 0 Å². The van der Waals surface area contributed by atoms with Crippen LogP contribution >= 0.6 is 0 Å². The van der Waals surface area contributed by atoms with E-state index in [-0.39, 0.29) is 18.5 Å². The molecule has 0 aromatic rings. The quantitative estimate of drug-likeness (QED) is 0.0321. The van der Waals surface area contributed by atoms with E-state index in [2.05, 4.69) is 43.5 Å². The molecule has 0 spiro atoms. The van der Waals surface area contributed by atoms with Crippen molar-refractivity contribution in [1.29, 1.82) is 0 Å². The molecule has 0 fully saturated rings. The minimum atomic E-state index is -0.846. The molecule has 6 nitrogen and oxygen atoms in total. The Kier molecular flexibility index (Phi) is 57.0. The van der Waals surface area contributed by atoms with Crippen LogP contribution in [0.5, 0.6) is 0 Å². The van der Waals surface area contributed by atoms with Crippen molar-refractivity contribution in [2.45, 2.75) is 341 Å². The number of allylic oxidation sites excluding steroid dienone is 5. The van der Waals surface area contributed by atoms with Crippen molar-refractivity contribution in [3.63, 3.8) is 0 Å². The van der Waals surface area contributed by atoms with Gasteiger partial charge >= 0.3 is 5.97 Å². The first-order valence-electron chi connectivity index (χ1n) is 30.8. The van der Waals surface area contributed by atoms with Crippen LogP contribution in [0.1, 0.15) is 328 Å². The van der Waals surface area contributed by atoms with E-state index in [1.807, 2.05) is 6.08 Å². The Morgan fingerprint density at radius 2 is 0.725 bits per heavy atom. The fourth-order valence-corrected chi connectivity index (χ4v) is 9.43. The lowest BCUT2D eigenvalue weighted by atomic mass is 10.0. The van der Waals surface area contributed by atoms with Gasteiger partial charge in [0, 0.05) is 12.8 Å². The molecule has 0 aliphatic heterocycles. The number of rotatable bonds is 57. The molecule has 0 rings (SSSR count). The van der Waals surface area contributed by atoms with Crippen molar-refractivity contribution >= 4 is 11.9 Å². The number of esters is 1. The SMILES string of the molecule is CCCCCCCCCCCCCC/C=C/C(O)C(CO)NC(=O)CCCCCCCCCCCCC/C=C\C/C=C\CCCCCCCCCCCOC(=O)CCCCCCCCCCCCC. The molecule has 0 radical (unpaired) electrons. The van der Waals surface area contributed by atoms with Crippen LogP contribution in [-0.2, 0) is 14.3 Å².